The molecule has 8 nitrogen and oxygen atoms in total. The molecule has 1 aliphatic heterocycles. The van der Waals surface area contributed by atoms with Gasteiger partial charge in [0.25, 0.3) is 0 Å². The molecule has 0 spiro atoms. The summed E-state index contributed by atoms with van der Waals surface area (Å²) in [4.78, 5) is 53.1. The average molecular weight is 723 g/mol. The standard InChI is InChI=1S/C44H70N2O6/c1-11-34(47)45-28-17-23-46(26-28)35(48)24-44-20-14-29(27(2)3)37(44)30-12-13-32-41(8)18-16-33(52-36(49)25-39(4,5)38(50)51)40(6,7)31(41)15-19-43(32,10)42(30,9)21-22-44/h28-33,37H,2,11-26H2,1,3-10H3,(H,45,47)(H,50,51)/t28-,29-,30+,31-,32+,33-,37+,41-,42+,43+,44+/m0/s1. The van der Waals surface area contributed by atoms with E-state index in [2.05, 4.69) is 53.4 Å². The fourth-order valence-electron chi connectivity index (χ4n) is 14.3. The molecule has 2 N–H and O–H groups in total. The second-order valence-corrected chi connectivity index (χ2v) is 20.7. The summed E-state index contributed by atoms with van der Waals surface area (Å²) < 4.78 is 6.18. The Balaban J connectivity index is 1.22. The van der Waals surface area contributed by atoms with E-state index >= 15 is 0 Å². The van der Waals surface area contributed by atoms with Crippen molar-refractivity contribution in [2.45, 2.75) is 164 Å². The Morgan fingerprint density at radius 3 is 2.25 bits per heavy atom. The van der Waals surface area contributed by atoms with Gasteiger partial charge in [0.1, 0.15) is 6.10 Å². The van der Waals surface area contributed by atoms with E-state index in [1.54, 1.807) is 13.8 Å². The number of nitrogens with one attached hydrogen (secondary N) is 1. The van der Waals surface area contributed by atoms with Gasteiger partial charge in [-0.1, -0.05) is 53.7 Å². The average Bonchev–Trinajstić information content (AvgIpc) is 3.68. The van der Waals surface area contributed by atoms with Crippen LogP contribution in [0.3, 0.4) is 0 Å². The Morgan fingerprint density at radius 1 is 0.885 bits per heavy atom. The van der Waals surface area contributed by atoms with Crippen LogP contribution in [0.15, 0.2) is 12.2 Å². The quantitative estimate of drug-likeness (QED) is 0.182. The maximum Gasteiger partial charge on any atom is 0.309 e. The normalized spacial score (nSPS) is 42.2. The van der Waals surface area contributed by atoms with Crippen molar-refractivity contribution in [3.05, 3.63) is 12.2 Å². The van der Waals surface area contributed by atoms with Gasteiger partial charge in [-0.25, -0.2) is 0 Å². The number of amides is 2. The highest BCUT2D eigenvalue weighted by Gasteiger charge is 2.71. The van der Waals surface area contributed by atoms with Crippen molar-refractivity contribution in [3.8, 4) is 0 Å². The second kappa shape index (κ2) is 13.4. The molecule has 52 heavy (non-hydrogen) atoms. The molecule has 5 aliphatic carbocycles. The second-order valence-electron chi connectivity index (χ2n) is 20.7. The summed E-state index contributed by atoms with van der Waals surface area (Å²) in [5.74, 6) is 1.43. The molecule has 0 bridgehead atoms. The van der Waals surface area contributed by atoms with E-state index in [-0.39, 0.29) is 57.5 Å². The minimum Gasteiger partial charge on any atom is -0.481 e. The van der Waals surface area contributed by atoms with Gasteiger partial charge in [0.15, 0.2) is 0 Å². The van der Waals surface area contributed by atoms with E-state index in [4.69, 9.17) is 4.74 Å². The minimum atomic E-state index is -1.15. The number of hydrogen-bond donors (Lipinski definition) is 2. The van der Waals surface area contributed by atoms with Crippen molar-refractivity contribution in [1.29, 1.82) is 0 Å². The van der Waals surface area contributed by atoms with Crippen molar-refractivity contribution in [1.82, 2.24) is 10.2 Å². The van der Waals surface area contributed by atoms with Crippen LogP contribution in [0.25, 0.3) is 0 Å². The molecule has 8 heteroatoms. The largest absolute Gasteiger partial charge is 0.481 e. The highest BCUT2D eigenvalue weighted by Crippen LogP contribution is 2.78. The molecule has 11 atom stereocenters. The van der Waals surface area contributed by atoms with Crippen LogP contribution in [-0.4, -0.2) is 59.0 Å². The van der Waals surface area contributed by atoms with Crippen LogP contribution in [0.1, 0.15) is 152 Å². The molecule has 0 aromatic rings. The topological polar surface area (TPSA) is 113 Å². The number of carboxylic acids is 1. The fourth-order valence-corrected chi connectivity index (χ4v) is 14.3. The predicted molar refractivity (Wildman–Crippen MR) is 203 cm³/mol. The highest BCUT2D eigenvalue weighted by molar-refractivity contribution is 5.81. The van der Waals surface area contributed by atoms with Gasteiger partial charge < -0.3 is 20.1 Å². The van der Waals surface area contributed by atoms with Crippen LogP contribution in [0.2, 0.25) is 0 Å². The van der Waals surface area contributed by atoms with Crippen molar-refractivity contribution in [2.24, 2.45) is 62.1 Å². The lowest BCUT2D eigenvalue weighted by Crippen LogP contribution is -2.67. The molecule has 6 fully saturated rings. The van der Waals surface area contributed by atoms with Gasteiger partial charge in [0, 0.05) is 37.4 Å². The lowest BCUT2D eigenvalue weighted by Gasteiger charge is -2.73. The summed E-state index contributed by atoms with van der Waals surface area (Å²) in [6, 6.07) is 0.0639. The summed E-state index contributed by atoms with van der Waals surface area (Å²) in [6.45, 7) is 25.6. The predicted octanol–water partition coefficient (Wildman–Crippen LogP) is 8.57. The number of hydrogen-bond acceptors (Lipinski definition) is 5. The third kappa shape index (κ3) is 6.16. The Kier molecular flexibility index (Phi) is 10.2. The summed E-state index contributed by atoms with van der Waals surface area (Å²) in [6.07, 6.45) is 12.6. The Morgan fingerprint density at radius 2 is 1.60 bits per heavy atom. The van der Waals surface area contributed by atoms with Crippen LogP contribution in [0.4, 0.5) is 0 Å². The number of carboxylic acid groups (broad SMARTS) is 1. The number of fused-ring (bicyclic) bond motifs is 7. The smallest absolute Gasteiger partial charge is 0.309 e. The van der Waals surface area contributed by atoms with Crippen LogP contribution >= 0.6 is 0 Å². The van der Waals surface area contributed by atoms with Crippen molar-refractivity contribution < 1.29 is 29.0 Å². The number of carbonyl (C=O) groups excluding carboxylic acids is 3. The lowest BCUT2D eigenvalue weighted by atomic mass is 9.32. The number of rotatable bonds is 9. The van der Waals surface area contributed by atoms with E-state index in [0.717, 1.165) is 64.3 Å². The van der Waals surface area contributed by atoms with Gasteiger partial charge in [0.2, 0.25) is 11.8 Å². The third-order valence-electron chi connectivity index (χ3n) is 17.3. The SMILES string of the molecule is C=C(C)[C@@H]1CC[C@]2(CC(=O)N3CC[C@H](NC(=O)CC)C3)CC[C@]3(C)[C@H](CC[C@@H]4[C@@]5(C)CC[C@H](OC(=O)CC(C)(C)C(=O)O)C(C)(C)[C@@H]5CC[C@]43C)[C@@H]12. The zero-order valence-corrected chi connectivity index (χ0v) is 34.0. The zero-order valence-electron chi connectivity index (χ0n) is 34.0. The Labute approximate surface area is 314 Å². The van der Waals surface area contributed by atoms with Crippen LogP contribution < -0.4 is 5.32 Å². The van der Waals surface area contributed by atoms with Crippen molar-refractivity contribution in [2.75, 3.05) is 13.1 Å². The van der Waals surface area contributed by atoms with Gasteiger partial charge in [-0.05, 0) is 143 Å². The van der Waals surface area contributed by atoms with Crippen LogP contribution in [0, 0.1) is 62.1 Å². The third-order valence-corrected chi connectivity index (χ3v) is 17.3. The van der Waals surface area contributed by atoms with Crippen molar-refractivity contribution in [3.63, 3.8) is 0 Å². The fraction of sp³-hybridized carbons (Fsp3) is 0.864. The molecule has 1 saturated heterocycles. The molecular formula is C44H70N2O6. The van der Waals surface area contributed by atoms with E-state index < -0.39 is 17.4 Å². The number of esters is 1. The maximum absolute atomic E-state index is 14.1. The van der Waals surface area contributed by atoms with E-state index in [1.807, 2.05) is 11.8 Å². The van der Waals surface area contributed by atoms with Gasteiger partial charge >= 0.3 is 11.9 Å². The van der Waals surface area contributed by atoms with Gasteiger partial charge in [-0.2, -0.15) is 0 Å². The first-order chi connectivity index (χ1) is 24.1. The molecule has 292 valence electrons. The molecule has 6 rings (SSSR count). The summed E-state index contributed by atoms with van der Waals surface area (Å²) in [5, 5.41) is 12.7. The molecule has 0 unspecified atom stereocenters. The molecule has 2 amide bonds. The minimum absolute atomic E-state index is 0.0130. The number of carbonyl (C=O) groups is 4. The van der Waals surface area contributed by atoms with Crippen LogP contribution in [-0.2, 0) is 23.9 Å². The first kappa shape index (κ1) is 39.3. The summed E-state index contributed by atoms with van der Waals surface area (Å²) in [7, 11) is 0. The zero-order chi connectivity index (χ0) is 38.2. The lowest BCUT2D eigenvalue weighted by molar-refractivity contribution is -0.250. The molecule has 5 saturated carbocycles. The van der Waals surface area contributed by atoms with E-state index in [0.29, 0.717) is 49.0 Å². The number of aliphatic carboxylic acids is 1. The van der Waals surface area contributed by atoms with Crippen molar-refractivity contribution >= 4 is 23.8 Å². The Hall–Kier alpha value is -2.38. The maximum atomic E-state index is 14.1. The Bertz CT molecular complexity index is 1470. The first-order valence-corrected chi connectivity index (χ1v) is 20.8. The number of allylic oxidation sites excluding steroid dienone is 1. The summed E-state index contributed by atoms with van der Waals surface area (Å²) >= 11 is 0. The van der Waals surface area contributed by atoms with Gasteiger partial charge in [-0.3, -0.25) is 19.2 Å². The molecule has 6 aliphatic rings. The molecule has 0 aromatic heterocycles. The van der Waals surface area contributed by atoms with E-state index in [1.165, 1.54) is 18.4 Å². The summed E-state index contributed by atoms with van der Waals surface area (Å²) in [5.41, 5.74) is 0.407. The van der Waals surface area contributed by atoms with Gasteiger partial charge in [-0.15, -0.1) is 0 Å². The molecule has 1 heterocycles. The monoisotopic (exact) mass is 723 g/mol. The van der Waals surface area contributed by atoms with Crippen LogP contribution in [0.5, 0.6) is 0 Å². The molecular weight excluding hydrogens is 652 g/mol. The highest BCUT2D eigenvalue weighted by atomic mass is 16.5. The molecule has 0 radical (unpaired) electrons. The number of nitrogens with zero attached hydrogens (tertiary/aromatic N) is 1. The first-order valence-electron chi connectivity index (χ1n) is 20.8. The van der Waals surface area contributed by atoms with E-state index in [9.17, 15) is 24.3 Å². The van der Waals surface area contributed by atoms with Gasteiger partial charge in [0.05, 0.1) is 11.8 Å². The number of ether oxygens (including phenoxy) is 1. The number of likely N-dealkylation sites (tertiary alicyclic amines) is 1. The molecule has 0 aromatic carbocycles.